The number of ether oxygens (including phenoxy) is 1. The molecule has 14 heteroatoms. The summed E-state index contributed by atoms with van der Waals surface area (Å²) in [6, 6.07) is 1.72. The Morgan fingerprint density at radius 1 is 1.31 bits per heavy atom. The zero-order valence-corrected chi connectivity index (χ0v) is 22.0. The van der Waals surface area contributed by atoms with Crippen molar-refractivity contribution in [2.45, 2.75) is 73.3 Å². The van der Waals surface area contributed by atoms with E-state index < -0.39 is 54.7 Å². The molecule has 2 atom stereocenters. The Morgan fingerprint density at radius 3 is 2.56 bits per heavy atom. The third-order valence-electron chi connectivity index (χ3n) is 5.97. The summed E-state index contributed by atoms with van der Waals surface area (Å²) in [5, 5.41) is 3.80. The molecule has 0 fully saturated rings. The lowest BCUT2D eigenvalue weighted by atomic mass is 9.93. The number of carbonyl (C=O) groups is 1. The molecule has 0 amide bonds. The van der Waals surface area contributed by atoms with Crippen LogP contribution in [0.2, 0.25) is 0 Å². The molecule has 1 aromatic carbocycles. The summed E-state index contributed by atoms with van der Waals surface area (Å²) >= 11 is 0. The monoisotopic (exact) mass is 553 g/mol. The smallest absolute Gasteiger partial charge is 0.416 e. The van der Waals surface area contributed by atoms with Crippen LogP contribution in [0.3, 0.4) is 0 Å². The van der Waals surface area contributed by atoms with Crippen molar-refractivity contribution in [2.24, 2.45) is 0 Å². The summed E-state index contributed by atoms with van der Waals surface area (Å²) in [5.74, 6) is -0.402. The summed E-state index contributed by atoms with van der Waals surface area (Å²) in [7, 11) is -3.59. The Balaban J connectivity index is 0.00000456. The first-order chi connectivity index (χ1) is 16.3. The Hall–Kier alpha value is -2.29. The Morgan fingerprint density at radius 2 is 1.97 bits per heavy atom. The van der Waals surface area contributed by atoms with Gasteiger partial charge in [0.15, 0.2) is 0 Å². The van der Waals surface area contributed by atoms with Crippen LogP contribution in [0, 0.1) is 0 Å². The summed E-state index contributed by atoms with van der Waals surface area (Å²) in [6.45, 7) is 3.43. The van der Waals surface area contributed by atoms with Gasteiger partial charge in [-0.15, -0.1) is 0 Å². The van der Waals surface area contributed by atoms with Crippen LogP contribution in [0.25, 0.3) is 0 Å². The number of benzene rings is 1. The van der Waals surface area contributed by atoms with Crippen LogP contribution in [0.4, 0.5) is 13.2 Å². The molecular weight excluding hydrogens is 523 g/mol. The molecule has 0 saturated heterocycles. The summed E-state index contributed by atoms with van der Waals surface area (Å²) < 4.78 is 87.6. The number of carbonyl (C=O) groups excluding carboxylic acids is 1. The van der Waals surface area contributed by atoms with Crippen LogP contribution in [-0.4, -0.2) is 57.6 Å². The van der Waals surface area contributed by atoms with E-state index >= 15 is 0 Å². The molecule has 0 spiro atoms. The normalized spacial score (nSPS) is 17.0. The van der Waals surface area contributed by atoms with Crippen molar-refractivity contribution in [3.8, 4) is 0 Å². The van der Waals surface area contributed by atoms with Gasteiger partial charge < -0.3 is 10.2 Å². The van der Waals surface area contributed by atoms with Crippen molar-refractivity contribution in [3.63, 3.8) is 0 Å². The van der Waals surface area contributed by atoms with Gasteiger partial charge in [0.2, 0.25) is 10.0 Å². The van der Waals surface area contributed by atoms with Gasteiger partial charge in [0.25, 0.3) is 0 Å². The number of aryl methyl sites for hydroxylation is 1. The maximum atomic E-state index is 13.6. The van der Waals surface area contributed by atoms with Crippen LogP contribution in [0.15, 0.2) is 34.2 Å². The molecule has 1 aromatic heterocycles. The largest absolute Gasteiger partial charge is 0.469 e. The van der Waals surface area contributed by atoms with Gasteiger partial charge in [-0.2, -0.15) is 22.6 Å². The van der Waals surface area contributed by atoms with E-state index in [1.165, 1.54) is 20.4 Å². The quantitative estimate of drug-likeness (QED) is 0.462. The molecule has 9 nitrogen and oxygen atoms in total. The number of hydrogen-bond donors (Lipinski definition) is 0. The SMILES string of the molecule is COC(=O)CCn1ncc2c1CCC[C@H]2N(C)S(=O)(=O)c1cc(S(=O)C(C)C)cc(C(F)(F)F)c1.O. The van der Waals surface area contributed by atoms with E-state index in [0.29, 0.717) is 30.9 Å². The zero-order valence-electron chi connectivity index (χ0n) is 20.3. The second kappa shape index (κ2) is 11.4. The summed E-state index contributed by atoms with van der Waals surface area (Å²) in [4.78, 5) is 10.7. The third kappa shape index (κ3) is 6.15. The molecule has 2 N–H and O–H groups in total. The van der Waals surface area contributed by atoms with E-state index in [1.54, 1.807) is 18.5 Å². The molecule has 0 aliphatic heterocycles. The maximum absolute atomic E-state index is 13.6. The first-order valence-electron chi connectivity index (χ1n) is 11.0. The number of halogens is 3. The lowest BCUT2D eigenvalue weighted by Crippen LogP contribution is -2.33. The zero-order chi connectivity index (χ0) is 26.1. The predicted molar refractivity (Wildman–Crippen MR) is 126 cm³/mol. The highest BCUT2D eigenvalue weighted by Crippen LogP contribution is 2.38. The van der Waals surface area contributed by atoms with Crippen LogP contribution < -0.4 is 0 Å². The van der Waals surface area contributed by atoms with Gasteiger partial charge >= 0.3 is 12.1 Å². The number of rotatable bonds is 8. The molecular formula is C22H30F3N3O6S2. The minimum Gasteiger partial charge on any atom is -0.469 e. The first kappa shape index (κ1) is 29.9. The van der Waals surface area contributed by atoms with Crippen LogP contribution in [0.1, 0.15) is 56.0 Å². The number of sulfonamides is 1. The molecule has 36 heavy (non-hydrogen) atoms. The van der Waals surface area contributed by atoms with E-state index in [0.717, 1.165) is 22.1 Å². The molecule has 1 aliphatic rings. The van der Waals surface area contributed by atoms with E-state index in [-0.39, 0.29) is 23.3 Å². The molecule has 3 rings (SSSR count). The maximum Gasteiger partial charge on any atom is 0.416 e. The molecule has 0 saturated carbocycles. The minimum absolute atomic E-state index is 0. The van der Waals surface area contributed by atoms with Crippen LogP contribution in [0.5, 0.6) is 0 Å². The Kier molecular flexibility index (Phi) is 9.48. The average molecular weight is 554 g/mol. The van der Waals surface area contributed by atoms with Crippen molar-refractivity contribution in [1.29, 1.82) is 0 Å². The number of nitrogens with zero attached hydrogens (tertiary/aromatic N) is 3. The molecule has 202 valence electrons. The number of esters is 1. The van der Waals surface area contributed by atoms with E-state index in [1.807, 2.05) is 0 Å². The molecule has 0 bridgehead atoms. The minimum atomic E-state index is -4.81. The fourth-order valence-corrected chi connectivity index (χ4v) is 6.61. The third-order valence-corrected chi connectivity index (χ3v) is 9.37. The van der Waals surface area contributed by atoms with Crippen molar-refractivity contribution >= 4 is 26.8 Å². The fraction of sp³-hybridized carbons (Fsp3) is 0.545. The van der Waals surface area contributed by atoms with Gasteiger partial charge in [-0.05, 0) is 37.5 Å². The highest BCUT2D eigenvalue weighted by Gasteiger charge is 2.37. The standard InChI is InChI=1S/C22H28F3N3O5S2.H2O/c1-14(2)34(30)16-10-15(22(23,24)25)11-17(12-16)35(31,32)27(3)19-6-5-7-20-18(19)13-26-28(20)9-8-21(29)33-4;/h10-14,19H,5-9H2,1-4H3;1H2/t19-,34?;/m1./s1. The number of alkyl halides is 3. The molecule has 2 aromatic rings. The van der Waals surface area contributed by atoms with Crippen LogP contribution in [-0.2, 0) is 49.5 Å². The second-order valence-corrected chi connectivity index (χ2v) is 12.6. The molecule has 1 aliphatic carbocycles. The van der Waals surface area contributed by atoms with Gasteiger partial charge in [-0.25, -0.2) is 8.42 Å². The van der Waals surface area contributed by atoms with E-state index in [2.05, 4.69) is 9.84 Å². The highest BCUT2D eigenvalue weighted by atomic mass is 32.2. The van der Waals surface area contributed by atoms with Gasteiger partial charge in [0.05, 0.1) is 53.6 Å². The van der Waals surface area contributed by atoms with E-state index in [9.17, 15) is 30.6 Å². The lowest BCUT2D eigenvalue weighted by molar-refractivity contribution is -0.141. The van der Waals surface area contributed by atoms with Crippen molar-refractivity contribution in [3.05, 3.63) is 41.2 Å². The molecule has 1 unspecified atom stereocenters. The number of methoxy groups -OCH3 is 1. The van der Waals surface area contributed by atoms with Gasteiger partial charge in [-0.1, -0.05) is 13.8 Å². The topological polar surface area (TPSA) is 130 Å². The number of hydrogen-bond acceptors (Lipinski definition) is 6. The van der Waals surface area contributed by atoms with Gasteiger partial charge in [-0.3, -0.25) is 13.7 Å². The highest BCUT2D eigenvalue weighted by molar-refractivity contribution is 7.89. The van der Waals surface area contributed by atoms with Gasteiger partial charge in [0, 0.05) is 28.5 Å². The molecule has 0 radical (unpaired) electrons. The second-order valence-electron chi connectivity index (χ2n) is 8.56. The van der Waals surface area contributed by atoms with Crippen molar-refractivity contribution in [1.82, 2.24) is 14.1 Å². The van der Waals surface area contributed by atoms with E-state index in [4.69, 9.17) is 0 Å². The summed E-state index contributed by atoms with van der Waals surface area (Å²) in [6.07, 6.45) is -1.46. The summed E-state index contributed by atoms with van der Waals surface area (Å²) in [5.41, 5.74) is 0.249. The Labute approximate surface area is 210 Å². The number of fused-ring (bicyclic) bond motifs is 1. The predicted octanol–water partition coefficient (Wildman–Crippen LogP) is 2.85. The van der Waals surface area contributed by atoms with Gasteiger partial charge in [0.1, 0.15) is 0 Å². The number of aromatic nitrogens is 2. The lowest BCUT2D eigenvalue weighted by Gasteiger charge is -2.31. The van der Waals surface area contributed by atoms with Crippen molar-refractivity contribution < 1.29 is 40.8 Å². The fourth-order valence-electron chi connectivity index (χ4n) is 4.07. The van der Waals surface area contributed by atoms with Crippen molar-refractivity contribution in [2.75, 3.05) is 14.2 Å². The molecule has 1 heterocycles. The van der Waals surface area contributed by atoms with Crippen LogP contribution >= 0.6 is 0 Å². The Bertz CT molecular complexity index is 1230. The average Bonchev–Trinajstić information content (AvgIpc) is 3.23. The first-order valence-corrected chi connectivity index (χ1v) is 13.6.